The molecule has 0 aliphatic carbocycles. The summed E-state index contributed by atoms with van der Waals surface area (Å²) in [6, 6.07) is 11.8. The SMILES string of the molecule is C[C@H](c1ccc(-n2cncn2)cc1)N(C)C(=O)N[C@H](C)c1cccs1. The number of amides is 2. The first-order valence-electron chi connectivity index (χ1n) is 8.08. The Hall–Kier alpha value is -2.67. The zero-order valence-corrected chi connectivity index (χ0v) is 15.3. The van der Waals surface area contributed by atoms with Crippen molar-refractivity contribution in [2.45, 2.75) is 25.9 Å². The lowest BCUT2D eigenvalue weighted by Gasteiger charge is -2.27. The molecule has 3 rings (SSSR count). The molecule has 6 nitrogen and oxygen atoms in total. The first kappa shape index (κ1) is 17.2. The van der Waals surface area contributed by atoms with Crippen LogP contribution in [0.15, 0.2) is 54.4 Å². The summed E-state index contributed by atoms with van der Waals surface area (Å²) in [6.07, 6.45) is 3.16. The predicted octanol–water partition coefficient (Wildman–Crippen LogP) is 3.79. The molecule has 2 heterocycles. The minimum absolute atomic E-state index is 0.00292. The van der Waals surface area contributed by atoms with Gasteiger partial charge < -0.3 is 10.2 Å². The second-order valence-electron chi connectivity index (χ2n) is 5.91. The third kappa shape index (κ3) is 3.88. The van der Waals surface area contributed by atoms with Gasteiger partial charge in [-0.1, -0.05) is 18.2 Å². The van der Waals surface area contributed by atoms with E-state index in [9.17, 15) is 4.79 Å². The fourth-order valence-corrected chi connectivity index (χ4v) is 3.28. The van der Waals surface area contributed by atoms with E-state index in [4.69, 9.17) is 0 Å². The van der Waals surface area contributed by atoms with Crippen LogP contribution in [0.25, 0.3) is 5.69 Å². The van der Waals surface area contributed by atoms with Crippen molar-refractivity contribution in [3.05, 3.63) is 64.9 Å². The first-order chi connectivity index (χ1) is 12.1. The van der Waals surface area contributed by atoms with Gasteiger partial charge in [0.25, 0.3) is 0 Å². The van der Waals surface area contributed by atoms with E-state index in [0.717, 1.165) is 16.1 Å². The van der Waals surface area contributed by atoms with Crippen LogP contribution < -0.4 is 5.32 Å². The van der Waals surface area contributed by atoms with Crippen molar-refractivity contribution in [1.82, 2.24) is 25.0 Å². The fourth-order valence-electron chi connectivity index (χ4n) is 2.54. The van der Waals surface area contributed by atoms with Gasteiger partial charge in [-0.2, -0.15) is 5.10 Å². The highest BCUT2D eigenvalue weighted by Crippen LogP contribution is 2.22. The van der Waals surface area contributed by atoms with Gasteiger partial charge in [-0.25, -0.2) is 14.5 Å². The number of aromatic nitrogens is 3. The summed E-state index contributed by atoms with van der Waals surface area (Å²) in [5, 5.41) is 9.17. The molecule has 1 N–H and O–H groups in total. The average molecular weight is 355 g/mol. The topological polar surface area (TPSA) is 63.1 Å². The van der Waals surface area contributed by atoms with Crippen molar-refractivity contribution in [2.75, 3.05) is 7.05 Å². The van der Waals surface area contributed by atoms with Gasteiger partial charge in [-0.15, -0.1) is 11.3 Å². The molecule has 0 saturated heterocycles. The Labute approximate surface area is 151 Å². The average Bonchev–Trinajstić information content (AvgIpc) is 3.33. The molecular formula is C18H21N5OS. The fraction of sp³-hybridized carbons (Fsp3) is 0.278. The summed E-state index contributed by atoms with van der Waals surface area (Å²) in [7, 11) is 1.81. The van der Waals surface area contributed by atoms with Gasteiger partial charge in [-0.3, -0.25) is 0 Å². The number of hydrogen-bond acceptors (Lipinski definition) is 4. The van der Waals surface area contributed by atoms with E-state index in [-0.39, 0.29) is 18.1 Å². The number of urea groups is 1. The van der Waals surface area contributed by atoms with Gasteiger partial charge in [0, 0.05) is 11.9 Å². The molecule has 0 spiro atoms. The summed E-state index contributed by atoms with van der Waals surface area (Å²) in [4.78, 5) is 19.3. The number of nitrogens with zero attached hydrogens (tertiary/aromatic N) is 4. The lowest BCUT2D eigenvalue weighted by Crippen LogP contribution is -2.39. The number of hydrogen-bond donors (Lipinski definition) is 1. The van der Waals surface area contributed by atoms with Crippen LogP contribution in [0.2, 0.25) is 0 Å². The molecule has 7 heteroatoms. The van der Waals surface area contributed by atoms with Gasteiger partial charge in [0.15, 0.2) is 0 Å². The van der Waals surface area contributed by atoms with Gasteiger partial charge in [0.1, 0.15) is 12.7 Å². The van der Waals surface area contributed by atoms with E-state index < -0.39 is 0 Å². The number of carbonyl (C=O) groups is 1. The summed E-state index contributed by atoms with van der Waals surface area (Å²) in [5.41, 5.74) is 2.00. The van der Waals surface area contributed by atoms with Gasteiger partial charge in [0.05, 0.1) is 17.8 Å². The first-order valence-corrected chi connectivity index (χ1v) is 8.96. The van der Waals surface area contributed by atoms with Crippen LogP contribution in [-0.4, -0.2) is 32.7 Å². The van der Waals surface area contributed by atoms with Crippen LogP contribution in [0, 0.1) is 0 Å². The van der Waals surface area contributed by atoms with E-state index in [2.05, 4.69) is 15.4 Å². The Bertz CT molecular complexity index is 799. The van der Waals surface area contributed by atoms with Crippen LogP contribution >= 0.6 is 11.3 Å². The molecule has 2 amide bonds. The molecule has 0 aliphatic heterocycles. The number of thiophene rings is 1. The maximum atomic E-state index is 12.5. The summed E-state index contributed by atoms with van der Waals surface area (Å²) < 4.78 is 1.70. The van der Waals surface area contributed by atoms with E-state index in [1.165, 1.54) is 6.33 Å². The second-order valence-corrected chi connectivity index (χ2v) is 6.88. The Morgan fingerprint density at radius 2 is 2.00 bits per heavy atom. The second kappa shape index (κ2) is 7.48. The van der Waals surface area contributed by atoms with Crippen molar-refractivity contribution >= 4 is 17.4 Å². The molecule has 130 valence electrons. The zero-order valence-electron chi connectivity index (χ0n) is 14.5. The number of nitrogens with one attached hydrogen (secondary N) is 1. The number of carbonyl (C=O) groups excluding carboxylic acids is 1. The molecule has 0 radical (unpaired) electrons. The Morgan fingerprint density at radius 1 is 1.24 bits per heavy atom. The molecule has 0 bridgehead atoms. The van der Waals surface area contributed by atoms with E-state index in [0.29, 0.717) is 0 Å². The van der Waals surface area contributed by atoms with Crippen LogP contribution in [0.1, 0.15) is 36.4 Å². The van der Waals surface area contributed by atoms with E-state index >= 15 is 0 Å². The zero-order chi connectivity index (χ0) is 17.8. The minimum Gasteiger partial charge on any atom is -0.331 e. The normalized spacial score (nSPS) is 13.2. The quantitative estimate of drug-likeness (QED) is 0.757. The highest BCUT2D eigenvalue weighted by atomic mass is 32.1. The lowest BCUT2D eigenvalue weighted by atomic mass is 10.1. The van der Waals surface area contributed by atoms with Crippen molar-refractivity contribution in [3.8, 4) is 5.69 Å². The van der Waals surface area contributed by atoms with Crippen molar-refractivity contribution in [1.29, 1.82) is 0 Å². The molecule has 0 unspecified atom stereocenters. The Kier molecular flexibility index (Phi) is 5.14. The molecule has 0 fully saturated rings. The third-order valence-electron chi connectivity index (χ3n) is 4.27. The minimum atomic E-state index is -0.0891. The Balaban J connectivity index is 1.65. The smallest absolute Gasteiger partial charge is 0.318 e. The molecule has 2 atom stereocenters. The molecule has 25 heavy (non-hydrogen) atoms. The van der Waals surface area contributed by atoms with Crippen LogP contribution in [0.5, 0.6) is 0 Å². The standard InChI is InChI=1S/C18H21N5OS/c1-13(17-5-4-10-25-17)21-18(24)22(3)14(2)15-6-8-16(9-7-15)23-12-19-11-20-23/h4-14H,1-3H3,(H,21,24)/t13-,14-/m1/s1. The van der Waals surface area contributed by atoms with Crippen molar-refractivity contribution in [2.24, 2.45) is 0 Å². The molecule has 0 aliphatic rings. The highest BCUT2D eigenvalue weighted by Gasteiger charge is 2.19. The van der Waals surface area contributed by atoms with Crippen LogP contribution in [-0.2, 0) is 0 Å². The number of rotatable bonds is 5. The van der Waals surface area contributed by atoms with Crippen LogP contribution in [0.3, 0.4) is 0 Å². The molecule has 0 saturated carbocycles. The molecule has 2 aromatic heterocycles. The molecular weight excluding hydrogens is 334 g/mol. The van der Waals surface area contributed by atoms with Gasteiger partial charge >= 0.3 is 6.03 Å². The van der Waals surface area contributed by atoms with Crippen LogP contribution in [0.4, 0.5) is 4.79 Å². The van der Waals surface area contributed by atoms with Crippen molar-refractivity contribution in [3.63, 3.8) is 0 Å². The largest absolute Gasteiger partial charge is 0.331 e. The van der Waals surface area contributed by atoms with E-state index in [1.54, 1.807) is 27.2 Å². The van der Waals surface area contributed by atoms with Gasteiger partial charge in [0.2, 0.25) is 0 Å². The van der Waals surface area contributed by atoms with Crippen molar-refractivity contribution < 1.29 is 4.79 Å². The predicted molar refractivity (Wildman–Crippen MR) is 98.8 cm³/mol. The van der Waals surface area contributed by atoms with Gasteiger partial charge in [-0.05, 0) is 43.0 Å². The number of benzene rings is 1. The summed E-state index contributed by atoms with van der Waals surface area (Å²) in [6.45, 7) is 4.01. The monoisotopic (exact) mass is 355 g/mol. The summed E-state index contributed by atoms with van der Waals surface area (Å²) in [5.74, 6) is 0. The maximum Gasteiger partial charge on any atom is 0.318 e. The molecule has 1 aromatic carbocycles. The Morgan fingerprint density at radius 3 is 2.60 bits per heavy atom. The highest BCUT2D eigenvalue weighted by molar-refractivity contribution is 7.10. The lowest BCUT2D eigenvalue weighted by molar-refractivity contribution is 0.191. The summed E-state index contributed by atoms with van der Waals surface area (Å²) >= 11 is 1.64. The third-order valence-corrected chi connectivity index (χ3v) is 5.33. The molecule has 3 aromatic rings. The maximum absolute atomic E-state index is 12.5. The van der Waals surface area contributed by atoms with E-state index in [1.807, 2.05) is 62.7 Å².